The molecule has 1 N–H and O–H groups in total. The molecule has 1 fully saturated rings. The highest BCUT2D eigenvalue weighted by Gasteiger charge is 2.30. The largest absolute Gasteiger partial charge is 0.374 e. The molecule has 0 aliphatic carbocycles. The lowest BCUT2D eigenvalue weighted by Gasteiger charge is -2.16. The van der Waals surface area contributed by atoms with E-state index in [1.807, 2.05) is 6.92 Å². The molecule has 1 saturated heterocycles. The molecule has 5 heteroatoms. The molecule has 2 aromatic rings. The van der Waals surface area contributed by atoms with Crippen LogP contribution in [0.5, 0.6) is 0 Å². The van der Waals surface area contributed by atoms with Gasteiger partial charge in [0.05, 0.1) is 5.56 Å². The van der Waals surface area contributed by atoms with E-state index in [4.69, 9.17) is 0 Å². The van der Waals surface area contributed by atoms with Crippen molar-refractivity contribution >= 4 is 11.6 Å². The molecular weight excluding hydrogens is 298 g/mol. The van der Waals surface area contributed by atoms with Crippen molar-refractivity contribution in [2.45, 2.75) is 19.4 Å². The number of hydrogen-bond acceptors (Lipinski definition) is 2. The highest BCUT2D eigenvalue weighted by molar-refractivity contribution is 5.87. The predicted octanol–water partition coefficient (Wildman–Crippen LogP) is 3.66. The predicted molar refractivity (Wildman–Crippen MR) is 86.1 cm³/mol. The molecule has 23 heavy (non-hydrogen) atoms. The van der Waals surface area contributed by atoms with Crippen LogP contribution in [-0.2, 0) is 4.79 Å². The summed E-state index contributed by atoms with van der Waals surface area (Å²) in [5.74, 6) is -1.14. The number of carbonyl (C=O) groups is 1. The molecule has 2 aromatic carbocycles. The van der Waals surface area contributed by atoms with E-state index in [9.17, 15) is 13.6 Å². The van der Waals surface area contributed by atoms with Gasteiger partial charge in [0.15, 0.2) is 0 Å². The number of hydrogen-bond donors (Lipinski definition) is 1. The second-order valence-corrected chi connectivity index (χ2v) is 5.58. The zero-order valence-electron chi connectivity index (χ0n) is 12.9. The number of benzene rings is 2. The van der Waals surface area contributed by atoms with Crippen molar-refractivity contribution in [2.75, 3.05) is 18.4 Å². The SMILES string of the molecule is CCN1CCC(Nc2cccc(-c3c(F)cccc3F)c2)C1=O. The molecule has 1 aliphatic rings. The second kappa shape index (κ2) is 6.36. The Morgan fingerprint density at radius 3 is 2.52 bits per heavy atom. The van der Waals surface area contributed by atoms with Gasteiger partial charge in [-0.25, -0.2) is 8.78 Å². The van der Waals surface area contributed by atoms with Gasteiger partial charge in [-0.3, -0.25) is 4.79 Å². The van der Waals surface area contributed by atoms with Crippen LogP contribution in [0.15, 0.2) is 42.5 Å². The lowest BCUT2D eigenvalue weighted by atomic mass is 10.0. The number of carbonyl (C=O) groups excluding carboxylic acids is 1. The van der Waals surface area contributed by atoms with Gasteiger partial charge in [-0.1, -0.05) is 18.2 Å². The fourth-order valence-electron chi connectivity index (χ4n) is 2.93. The summed E-state index contributed by atoms with van der Waals surface area (Å²) in [6.45, 7) is 3.37. The van der Waals surface area contributed by atoms with Crippen molar-refractivity contribution < 1.29 is 13.6 Å². The second-order valence-electron chi connectivity index (χ2n) is 5.58. The number of amides is 1. The van der Waals surface area contributed by atoms with Gasteiger partial charge >= 0.3 is 0 Å². The Kier molecular flexibility index (Phi) is 4.28. The number of likely N-dealkylation sites (N-methyl/N-ethyl adjacent to an activating group) is 1. The van der Waals surface area contributed by atoms with Crippen LogP contribution >= 0.6 is 0 Å². The van der Waals surface area contributed by atoms with Crippen LogP contribution in [0.25, 0.3) is 11.1 Å². The fraction of sp³-hybridized carbons (Fsp3) is 0.278. The molecule has 0 aromatic heterocycles. The molecule has 1 amide bonds. The average Bonchev–Trinajstić information content (AvgIpc) is 2.88. The van der Waals surface area contributed by atoms with Gasteiger partial charge in [-0.05, 0) is 43.2 Å². The summed E-state index contributed by atoms with van der Waals surface area (Å²) in [6, 6.07) is 10.4. The van der Waals surface area contributed by atoms with Gasteiger partial charge in [-0.15, -0.1) is 0 Å². The summed E-state index contributed by atoms with van der Waals surface area (Å²) in [4.78, 5) is 13.9. The molecule has 0 bridgehead atoms. The summed E-state index contributed by atoms with van der Waals surface area (Å²) < 4.78 is 27.8. The van der Waals surface area contributed by atoms with Crippen LogP contribution < -0.4 is 5.32 Å². The van der Waals surface area contributed by atoms with Gasteiger partial charge in [0.2, 0.25) is 5.91 Å². The van der Waals surface area contributed by atoms with Crippen LogP contribution in [-0.4, -0.2) is 29.9 Å². The Morgan fingerprint density at radius 1 is 1.17 bits per heavy atom. The van der Waals surface area contributed by atoms with Crippen LogP contribution in [0.1, 0.15) is 13.3 Å². The van der Waals surface area contributed by atoms with Gasteiger partial charge in [-0.2, -0.15) is 0 Å². The summed E-state index contributed by atoms with van der Waals surface area (Å²) in [5, 5.41) is 3.17. The standard InChI is InChI=1S/C18H18F2N2O/c1-2-22-10-9-16(18(22)23)21-13-6-3-5-12(11-13)17-14(19)7-4-8-15(17)20/h3-8,11,16,21H,2,9-10H2,1H3. The van der Waals surface area contributed by atoms with Crippen LogP contribution in [0.4, 0.5) is 14.5 Å². The highest BCUT2D eigenvalue weighted by atomic mass is 19.1. The van der Waals surface area contributed by atoms with Crippen LogP contribution in [0.3, 0.4) is 0 Å². The summed E-state index contributed by atoms with van der Waals surface area (Å²) >= 11 is 0. The van der Waals surface area contributed by atoms with Crippen molar-refractivity contribution in [2.24, 2.45) is 0 Å². The molecule has 0 saturated carbocycles. The van der Waals surface area contributed by atoms with E-state index in [0.717, 1.165) is 13.0 Å². The maximum Gasteiger partial charge on any atom is 0.245 e. The minimum absolute atomic E-state index is 0.0518. The number of rotatable bonds is 4. The van der Waals surface area contributed by atoms with Crippen molar-refractivity contribution in [3.05, 3.63) is 54.1 Å². The minimum atomic E-state index is -0.601. The normalized spacial score (nSPS) is 17.6. The van der Waals surface area contributed by atoms with E-state index in [-0.39, 0.29) is 17.5 Å². The Labute approximate surface area is 133 Å². The molecule has 3 rings (SSSR count). The third kappa shape index (κ3) is 3.04. The topological polar surface area (TPSA) is 32.3 Å². The molecule has 1 heterocycles. The maximum absolute atomic E-state index is 13.9. The summed E-state index contributed by atoms with van der Waals surface area (Å²) in [6.07, 6.45) is 0.727. The molecule has 0 radical (unpaired) electrons. The molecule has 1 aliphatic heterocycles. The van der Waals surface area contributed by atoms with Crippen molar-refractivity contribution in [3.8, 4) is 11.1 Å². The van der Waals surface area contributed by atoms with Gasteiger partial charge in [0, 0.05) is 18.8 Å². The molecule has 3 nitrogen and oxygen atoms in total. The first-order chi connectivity index (χ1) is 11.1. The van der Waals surface area contributed by atoms with E-state index < -0.39 is 11.6 Å². The van der Waals surface area contributed by atoms with E-state index in [1.54, 1.807) is 29.2 Å². The van der Waals surface area contributed by atoms with E-state index in [2.05, 4.69) is 5.32 Å². The molecule has 0 spiro atoms. The third-order valence-electron chi connectivity index (χ3n) is 4.13. The molecule has 1 unspecified atom stereocenters. The lowest BCUT2D eigenvalue weighted by Crippen LogP contribution is -2.33. The molecule has 120 valence electrons. The monoisotopic (exact) mass is 316 g/mol. The summed E-state index contributed by atoms with van der Waals surface area (Å²) in [7, 11) is 0. The first kappa shape index (κ1) is 15.5. The summed E-state index contributed by atoms with van der Waals surface area (Å²) in [5.41, 5.74) is 1.08. The van der Waals surface area contributed by atoms with Crippen molar-refractivity contribution in [3.63, 3.8) is 0 Å². The number of halogens is 2. The third-order valence-corrected chi connectivity index (χ3v) is 4.13. The quantitative estimate of drug-likeness (QED) is 0.933. The molecule has 1 atom stereocenters. The highest BCUT2D eigenvalue weighted by Crippen LogP contribution is 2.28. The lowest BCUT2D eigenvalue weighted by molar-refractivity contribution is -0.128. The van der Waals surface area contributed by atoms with E-state index in [1.165, 1.54) is 18.2 Å². The molecular formula is C18H18F2N2O. The average molecular weight is 316 g/mol. The Morgan fingerprint density at radius 2 is 1.87 bits per heavy atom. The Balaban J connectivity index is 1.85. The van der Waals surface area contributed by atoms with Crippen LogP contribution in [0, 0.1) is 11.6 Å². The van der Waals surface area contributed by atoms with Gasteiger partial charge in [0.25, 0.3) is 0 Å². The van der Waals surface area contributed by atoms with Crippen molar-refractivity contribution in [1.82, 2.24) is 4.90 Å². The van der Waals surface area contributed by atoms with E-state index >= 15 is 0 Å². The number of likely N-dealkylation sites (tertiary alicyclic amines) is 1. The Bertz CT molecular complexity index is 712. The van der Waals surface area contributed by atoms with E-state index in [0.29, 0.717) is 17.8 Å². The van der Waals surface area contributed by atoms with Gasteiger partial charge < -0.3 is 10.2 Å². The first-order valence-electron chi connectivity index (χ1n) is 7.70. The first-order valence-corrected chi connectivity index (χ1v) is 7.70. The maximum atomic E-state index is 13.9. The van der Waals surface area contributed by atoms with Crippen LogP contribution in [0.2, 0.25) is 0 Å². The number of nitrogens with zero attached hydrogens (tertiary/aromatic N) is 1. The zero-order chi connectivity index (χ0) is 16.4. The minimum Gasteiger partial charge on any atom is -0.374 e. The van der Waals surface area contributed by atoms with Gasteiger partial charge in [0.1, 0.15) is 17.7 Å². The Hall–Kier alpha value is -2.43. The number of nitrogens with one attached hydrogen (secondary N) is 1. The fourth-order valence-corrected chi connectivity index (χ4v) is 2.93. The zero-order valence-corrected chi connectivity index (χ0v) is 12.9. The number of anilines is 1. The smallest absolute Gasteiger partial charge is 0.245 e. The van der Waals surface area contributed by atoms with Crippen molar-refractivity contribution in [1.29, 1.82) is 0 Å².